The fourth-order valence-corrected chi connectivity index (χ4v) is 1.72. The summed E-state index contributed by atoms with van der Waals surface area (Å²) in [6.45, 7) is 1.86. The Morgan fingerprint density at radius 1 is 1.33 bits per heavy atom. The van der Waals surface area contributed by atoms with Crippen molar-refractivity contribution in [3.05, 3.63) is 53.5 Å². The first-order valence-corrected chi connectivity index (χ1v) is 5.43. The van der Waals surface area contributed by atoms with Gasteiger partial charge >= 0.3 is 5.97 Å². The molecule has 2 aromatic rings. The maximum absolute atomic E-state index is 14.0. The predicted octanol–water partition coefficient (Wildman–Crippen LogP) is 2.98. The Morgan fingerprint density at radius 2 is 2.11 bits per heavy atom. The zero-order valence-corrected chi connectivity index (χ0v) is 10.1. The van der Waals surface area contributed by atoms with Gasteiger partial charge in [-0.2, -0.15) is 0 Å². The molecule has 0 amide bonds. The summed E-state index contributed by atoms with van der Waals surface area (Å²) in [5, 5.41) is 0. The lowest BCUT2D eigenvalue weighted by atomic mass is 10.0. The number of halogens is 1. The van der Waals surface area contributed by atoms with Gasteiger partial charge in [0.25, 0.3) is 0 Å². The SMILES string of the molecule is COC(=O)c1ccc(-c2ncccc2C)c(F)c1. The lowest BCUT2D eigenvalue weighted by Crippen LogP contribution is -2.02. The highest BCUT2D eigenvalue weighted by atomic mass is 19.1. The highest BCUT2D eigenvalue weighted by Gasteiger charge is 2.12. The van der Waals surface area contributed by atoms with Crippen LogP contribution in [0.4, 0.5) is 4.39 Å². The van der Waals surface area contributed by atoms with Crippen LogP contribution in [0.15, 0.2) is 36.5 Å². The molecule has 4 heteroatoms. The molecule has 0 atom stereocenters. The van der Waals surface area contributed by atoms with Crippen molar-refractivity contribution in [2.24, 2.45) is 0 Å². The van der Waals surface area contributed by atoms with Crippen molar-refractivity contribution in [2.45, 2.75) is 6.92 Å². The van der Waals surface area contributed by atoms with Gasteiger partial charge in [0.1, 0.15) is 5.82 Å². The number of carbonyl (C=O) groups excluding carboxylic acids is 1. The monoisotopic (exact) mass is 245 g/mol. The van der Waals surface area contributed by atoms with Crippen molar-refractivity contribution in [1.29, 1.82) is 0 Å². The first-order valence-electron chi connectivity index (χ1n) is 5.43. The van der Waals surface area contributed by atoms with E-state index in [-0.39, 0.29) is 5.56 Å². The van der Waals surface area contributed by atoms with Crippen molar-refractivity contribution in [3.63, 3.8) is 0 Å². The van der Waals surface area contributed by atoms with Crippen molar-refractivity contribution in [1.82, 2.24) is 4.98 Å². The van der Waals surface area contributed by atoms with Gasteiger partial charge in [-0.3, -0.25) is 4.98 Å². The van der Waals surface area contributed by atoms with Crippen LogP contribution in [0, 0.1) is 12.7 Å². The van der Waals surface area contributed by atoms with E-state index in [0.717, 1.165) is 11.6 Å². The first kappa shape index (κ1) is 12.2. The smallest absolute Gasteiger partial charge is 0.337 e. The number of rotatable bonds is 2. The number of nitrogens with zero attached hydrogens (tertiary/aromatic N) is 1. The van der Waals surface area contributed by atoms with Crippen LogP contribution in [0.1, 0.15) is 15.9 Å². The standard InChI is InChI=1S/C14H12FNO2/c1-9-4-3-7-16-13(9)11-6-5-10(8-12(11)15)14(17)18-2/h3-8H,1-2H3. The van der Waals surface area contributed by atoms with Gasteiger partial charge in [0.15, 0.2) is 0 Å². The Bertz CT molecular complexity index is 596. The molecule has 18 heavy (non-hydrogen) atoms. The number of pyridine rings is 1. The maximum Gasteiger partial charge on any atom is 0.337 e. The van der Waals surface area contributed by atoms with Gasteiger partial charge in [0.05, 0.1) is 18.4 Å². The van der Waals surface area contributed by atoms with Gasteiger partial charge in [-0.15, -0.1) is 0 Å². The fourth-order valence-electron chi connectivity index (χ4n) is 1.72. The molecule has 1 aromatic carbocycles. The van der Waals surface area contributed by atoms with Crippen molar-refractivity contribution >= 4 is 5.97 Å². The third kappa shape index (κ3) is 2.22. The molecule has 0 bridgehead atoms. The quantitative estimate of drug-likeness (QED) is 0.763. The Balaban J connectivity index is 2.49. The minimum Gasteiger partial charge on any atom is -0.465 e. The molecule has 0 unspecified atom stereocenters. The summed E-state index contributed by atoms with van der Waals surface area (Å²) in [4.78, 5) is 15.4. The zero-order valence-electron chi connectivity index (χ0n) is 10.1. The second-order valence-corrected chi connectivity index (χ2v) is 3.86. The zero-order chi connectivity index (χ0) is 13.1. The second-order valence-electron chi connectivity index (χ2n) is 3.86. The number of carbonyl (C=O) groups is 1. The summed E-state index contributed by atoms with van der Waals surface area (Å²) < 4.78 is 18.5. The number of benzene rings is 1. The molecule has 1 aromatic heterocycles. The van der Waals surface area contributed by atoms with Crippen LogP contribution in [-0.2, 0) is 4.74 Å². The van der Waals surface area contributed by atoms with Gasteiger partial charge < -0.3 is 4.74 Å². The summed E-state index contributed by atoms with van der Waals surface area (Å²) in [5.41, 5.74) is 2.02. The van der Waals surface area contributed by atoms with Crippen LogP contribution in [0.2, 0.25) is 0 Å². The number of hydrogen-bond acceptors (Lipinski definition) is 3. The van der Waals surface area contributed by atoms with E-state index < -0.39 is 11.8 Å². The van der Waals surface area contributed by atoms with Crippen LogP contribution < -0.4 is 0 Å². The van der Waals surface area contributed by atoms with Gasteiger partial charge in [0.2, 0.25) is 0 Å². The van der Waals surface area contributed by atoms with Gasteiger partial charge in [0, 0.05) is 11.8 Å². The van der Waals surface area contributed by atoms with Crippen molar-refractivity contribution < 1.29 is 13.9 Å². The number of esters is 1. The molecule has 3 nitrogen and oxygen atoms in total. The molecular weight excluding hydrogens is 233 g/mol. The van der Waals surface area contributed by atoms with Crippen molar-refractivity contribution in [2.75, 3.05) is 7.11 Å². The maximum atomic E-state index is 14.0. The van der Waals surface area contributed by atoms with E-state index in [1.807, 2.05) is 13.0 Å². The minimum atomic E-state index is -0.557. The number of ether oxygens (including phenoxy) is 1. The fraction of sp³-hybridized carbons (Fsp3) is 0.143. The van der Waals surface area contributed by atoms with E-state index in [9.17, 15) is 9.18 Å². The number of aryl methyl sites for hydroxylation is 1. The molecule has 2 rings (SSSR count). The van der Waals surface area contributed by atoms with Gasteiger partial charge in [-0.25, -0.2) is 9.18 Å². The Labute approximate surface area is 104 Å². The Hall–Kier alpha value is -2.23. The number of aromatic nitrogens is 1. The summed E-state index contributed by atoms with van der Waals surface area (Å²) in [7, 11) is 1.26. The van der Waals surface area contributed by atoms with Crippen LogP contribution >= 0.6 is 0 Å². The predicted molar refractivity (Wildman–Crippen MR) is 65.7 cm³/mol. The number of methoxy groups -OCH3 is 1. The van der Waals surface area contributed by atoms with Gasteiger partial charge in [-0.05, 0) is 36.8 Å². The summed E-state index contributed by atoms with van der Waals surface area (Å²) in [5.74, 6) is -1.04. The molecule has 0 spiro atoms. The molecular formula is C14H12FNO2. The molecule has 0 aliphatic rings. The highest BCUT2D eigenvalue weighted by molar-refractivity contribution is 5.90. The molecule has 92 valence electrons. The summed E-state index contributed by atoms with van der Waals surface area (Å²) >= 11 is 0. The third-order valence-electron chi connectivity index (χ3n) is 2.65. The van der Waals surface area contributed by atoms with E-state index in [4.69, 9.17) is 0 Å². The molecule has 0 aliphatic carbocycles. The minimum absolute atomic E-state index is 0.187. The molecule has 0 radical (unpaired) electrons. The summed E-state index contributed by atoms with van der Waals surface area (Å²) in [6.07, 6.45) is 1.61. The van der Waals surface area contributed by atoms with Crippen LogP contribution in [0.25, 0.3) is 11.3 Å². The number of hydrogen-bond donors (Lipinski definition) is 0. The normalized spacial score (nSPS) is 10.2. The van der Waals surface area contributed by atoms with E-state index in [2.05, 4.69) is 9.72 Å². The largest absolute Gasteiger partial charge is 0.465 e. The Kier molecular flexibility index (Phi) is 3.37. The van der Waals surface area contributed by atoms with Crippen molar-refractivity contribution in [3.8, 4) is 11.3 Å². The van der Waals surface area contributed by atoms with Crippen LogP contribution in [-0.4, -0.2) is 18.1 Å². The first-order chi connectivity index (χ1) is 8.63. The lowest BCUT2D eigenvalue weighted by molar-refractivity contribution is 0.0600. The molecule has 1 heterocycles. The second kappa shape index (κ2) is 4.96. The topological polar surface area (TPSA) is 39.2 Å². The average Bonchev–Trinajstić information content (AvgIpc) is 2.39. The third-order valence-corrected chi connectivity index (χ3v) is 2.65. The molecule has 0 aliphatic heterocycles. The van der Waals surface area contributed by atoms with Crippen LogP contribution in [0.3, 0.4) is 0 Å². The average molecular weight is 245 g/mol. The van der Waals surface area contributed by atoms with Crippen LogP contribution in [0.5, 0.6) is 0 Å². The van der Waals surface area contributed by atoms with E-state index in [1.54, 1.807) is 12.3 Å². The molecule has 0 saturated carbocycles. The van der Waals surface area contributed by atoms with Gasteiger partial charge in [-0.1, -0.05) is 6.07 Å². The molecule has 0 N–H and O–H groups in total. The van der Waals surface area contributed by atoms with E-state index in [1.165, 1.54) is 19.2 Å². The Morgan fingerprint density at radius 3 is 2.72 bits per heavy atom. The lowest BCUT2D eigenvalue weighted by Gasteiger charge is -2.07. The van der Waals surface area contributed by atoms with E-state index in [0.29, 0.717) is 11.3 Å². The molecule has 0 saturated heterocycles. The highest BCUT2D eigenvalue weighted by Crippen LogP contribution is 2.24. The summed E-state index contributed by atoms with van der Waals surface area (Å²) in [6, 6.07) is 7.88. The molecule has 0 fully saturated rings. The van der Waals surface area contributed by atoms with E-state index >= 15 is 0 Å².